The highest BCUT2D eigenvalue weighted by molar-refractivity contribution is 6.46. The van der Waals surface area contributed by atoms with Crippen molar-refractivity contribution in [3.63, 3.8) is 0 Å². The number of ketones is 1. The average molecular weight is 424 g/mol. The molecule has 0 aromatic heterocycles. The van der Waals surface area contributed by atoms with Crippen LogP contribution in [0.3, 0.4) is 0 Å². The van der Waals surface area contributed by atoms with E-state index in [2.05, 4.69) is 0 Å². The number of likely N-dealkylation sites (N-methyl/N-ethyl adjacent to an activating group) is 1. The van der Waals surface area contributed by atoms with Crippen molar-refractivity contribution in [1.29, 1.82) is 0 Å². The molecule has 2 aromatic rings. The van der Waals surface area contributed by atoms with Gasteiger partial charge in [0, 0.05) is 13.1 Å². The van der Waals surface area contributed by atoms with Crippen molar-refractivity contribution < 1.29 is 24.2 Å². The summed E-state index contributed by atoms with van der Waals surface area (Å²) >= 11 is 0. The van der Waals surface area contributed by atoms with Crippen LogP contribution in [0.4, 0.5) is 0 Å². The molecule has 7 nitrogen and oxygen atoms in total. The zero-order chi connectivity index (χ0) is 22.5. The fraction of sp³-hybridized carbons (Fsp3) is 0.333. The fourth-order valence-electron chi connectivity index (χ4n) is 3.66. The lowest BCUT2D eigenvalue weighted by molar-refractivity contribution is -0.140. The van der Waals surface area contributed by atoms with Crippen molar-refractivity contribution in [2.45, 2.75) is 13.0 Å². The number of Topliss-reactive ketones (excluding diaryl/α,β-unsaturated/α-hetero) is 1. The van der Waals surface area contributed by atoms with Gasteiger partial charge in [0.1, 0.15) is 17.3 Å². The van der Waals surface area contributed by atoms with Crippen LogP contribution in [0.5, 0.6) is 11.5 Å². The molecule has 0 radical (unpaired) electrons. The Labute approximate surface area is 182 Å². The number of para-hydroxylation sites is 1. The van der Waals surface area contributed by atoms with Gasteiger partial charge in [-0.15, -0.1) is 0 Å². The molecule has 1 unspecified atom stereocenters. The van der Waals surface area contributed by atoms with E-state index in [4.69, 9.17) is 9.47 Å². The Hall–Kier alpha value is -3.32. The topological polar surface area (TPSA) is 79.3 Å². The van der Waals surface area contributed by atoms with Crippen LogP contribution in [-0.4, -0.2) is 67.5 Å². The second-order valence-corrected chi connectivity index (χ2v) is 7.50. The fourth-order valence-corrected chi connectivity index (χ4v) is 3.66. The summed E-state index contributed by atoms with van der Waals surface area (Å²) in [6.07, 6.45) is 0. The minimum Gasteiger partial charge on any atom is -0.507 e. The van der Waals surface area contributed by atoms with E-state index in [-0.39, 0.29) is 11.3 Å². The molecule has 1 N–H and O–H groups in total. The van der Waals surface area contributed by atoms with Crippen molar-refractivity contribution in [3.05, 3.63) is 65.2 Å². The monoisotopic (exact) mass is 424 g/mol. The van der Waals surface area contributed by atoms with Gasteiger partial charge in [0.05, 0.1) is 30.9 Å². The number of benzene rings is 2. The number of hydrogen-bond donors (Lipinski definition) is 1. The number of carbonyl (C=O) groups is 2. The molecule has 0 spiro atoms. The minimum absolute atomic E-state index is 0.0532. The predicted octanol–water partition coefficient (Wildman–Crippen LogP) is 3.08. The third kappa shape index (κ3) is 4.56. The maximum absolute atomic E-state index is 13.0. The van der Waals surface area contributed by atoms with Gasteiger partial charge in [-0.2, -0.15) is 0 Å². The summed E-state index contributed by atoms with van der Waals surface area (Å²) in [7, 11) is 5.29. The van der Waals surface area contributed by atoms with Crippen LogP contribution in [0.2, 0.25) is 0 Å². The van der Waals surface area contributed by atoms with Crippen LogP contribution in [-0.2, 0) is 9.59 Å². The summed E-state index contributed by atoms with van der Waals surface area (Å²) in [5.74, 6) is -0.466. The van der Waals surface area contributed by atoms with Gasteiger partial charge in [0.15, 0.2) is 0 Å². The van der Waals surface area contributed by atoms with Crippen molar-refractivity contribution in [2.24, 2.45) is 0 Å². The summed E-state index contributed by atoms with van der Waals surface area (Å²) in [5.41, 5.74) is 1.14. The Morgan fingerprint density at radius 1 is 1.10 bits per heavy atom. The molecule has 0 saturated carbocycles. The van der Waals surface area contributed by atoms with Gasteiger partial charge in [-0.05, 0) is 50.8 Å². The smallest absolute Gasteiger partial charge is 0.295 e. The van der Waals surface area contributed by atoms with Crippen LogP contribution in [0.1, 0.15) is 24.1 Å². The largest absolute Gasteiger partial charge is 0.507 e. The van der Waals surface area contributed by atoms with Gasteiger partial charge < -0.3 is 24.4 Å². The van der Waals surface area contributed by atoms with E-state index in [1.807, 2.05) is 38.1 Å². The Kier molecular flexibility index (Phi) is 6.97. The van der Waals surface area contributed by atoms with Crippen molar-refractivity contribution in [1.82, 2.24) is 9.80 Å². The van der Waals surface area contributed by atoms with Crippen molar-refractivity contribution >= 4 is 17.4 Å². The number of hydrogen-bond acceptors (Lipinski definition) is 6. The Morgan fingerprint density at radius 2 is 1.77 bits per heavy atom. The van der Waals surface area contributed by atoms with E-state index >= 15 is 0 Å². The molecule has 2 aromatic carbocycles. The van der Waals surface area contributed by atoms with Crippen LogP contribution in [0.25, 0.3) is 5.76 Å². The molecule has 1 atom stereocenters. The number of aliphatic hydroxyl groups excluding tert-OH is 1. The van der Waals surface area contributed by atoms with Gasteiger partial charge in [0.25, 0.3) is 11.7 Å². The van der Waals surface area contributed by atoms with E-state index in [1.54, 1.807) is 36.4 Å². The lowest BCUT2D eigenvalue weighted by Gasteiger charge is -2.26. The molecular weight excluding hydrogens is 396 g/mol. The minimum atomic E-state index is -0.708. The Morgan fingerprint density at radius 3 is 2.39 bits per heavy atom. The molecule has 1 amide bonds. The molecule has 3 rings (SSSR count). The number of amides is 1. The molecule has 1 aliphatic rings. The first-order valence-electron chi connectivity index (χ1n) is 10.2. The lowest BCUT2D eigenvalue weighted by atomic mass is 9.95. The molecule has 0 bridgehead atoms. The normalized spacial score (nSPS) is 18.0. The molecule has 31 heavy (non-hydrogen) atoms. The SMILES string of the molecule is CCOc1ccc(C2/C(=C(/O)c3ccccc3OC)C(=O)C(=O)N2CCN(C)C)cc1. The second kappa shape index (κ2) is 9.66. The van der Waals surface area contributed by atoms with E-state index in [0.29, 0.717) is 36.8 Å². The first kappa shape index (κ1) is 22.4. The number of rotatable bonds is 8. The summed E-state index contributed by atoms with van der Waals surface area (Å²) in [5, 5.41) is 11.2. The van der Waals surface area contributed by atoms with Gasteiger partial charge in [-0.25, -0.2) is 0 Å². The first-order chi connectivity index (χ1) is 14.9. The Bertz CT molecular complexity index is 982. The van der Waals surface area contributed by atoms with Crippen molar-refractivity contribution in [3.8, 4) is 11.5 Å². The van der Waals surface area contributed by atoms with Crippen molar-refractivity contribution in [2.75, 3.05) is 40.9 Å². The first-order valence-corrected chi connectivity index (χ1v) is 10.2. The number of ether oxygens (including phenoxy) is 2. The lowest BCUT2D eigenvalue weighted by Crippen LogP contribution is -2.35. The average Bonchev–Trinajstić information content (AvgIpc) is 3.02. The van der Waals surface area contributed by atoms with Crippen LogP contribution in [0, 0.1) is 0 Å². The standard InChI is InChI=1S/C24H28N2O5/c1-5-31-17-12-10-16(11-13-17)21-20(22(27)18-8-6-7-9-19(18)30-4)23(28)24(29)26(21)15-14-25(2)3/h6-13,21,27H,5,14-15H2,1-4H3/b22-20-. The van der Waals surface area contributed by atoms with Crippen LogP contribution < -0.4 is 9.47 Å². The number of methoxy groups -OCH3 is 1. The number of likely N-dealkylation sites (tertiary alicyclic amines) is 1. The highest BCUT2D eigenvalue weighted by Crippen LogP contribution is 2.41. The number of aliphatic hydroxyl groups is 1. The Balaban J connectivity index is 2.14. The number of carbonyl (C=O) groups excluding carboxylic acids is 2. The summed E-state index contributed by atoms with van der Waals surface area (Å²) < 4.78 is 10.9. The van der Waals surface area contributed by atoms with E-state index in [0.717, 1.165) is 5.56 Å². The maximum atomic E-state index is 13.0. The zero-order valence-electron chi connectivity index (χ0n) is 18.3. The third-order valence-electron chi connectivity index (χ3n) is 5.20. The quantitative estimate of drug-likeness (QED) is 0.399. The van der Waals surface area contributed by atoms with E-state index < -0.39 is 17.7 Å². The predicted molar refractivity (Wildman–Crippen MR) is 118 cm³/mol. The van der Waals surface area contributed by atoms with Crippen LogP contribution >= 0.6 is 0 Å². The van der Waals surface area contributed by atoms with Gasteiger partial charge in [0.2, 0.25) is 0 Å². The summed E-state index contributed by atoms with van der Waals surface area (Å²) in [6.45, 7) is 3.36. The molecule has 164 valence electrons. The zero-order valence-corrected chi connectivity index (χ0v) is 18.3. The van der Waals surface area contributed by atoms with Crippen LogP contribution in [0.15, 0.2) is 54.1 Å². The van der Waals surface area contributed by atoms with E-state index in [1.165, 1.54) is 12.0 Å². The summed E-state index contributed by atoms with van der Waals surface area (Å²) in [4.78, 5) is 29.4. The second-order valence-electron chi connectivity index (χ2n) is 7.50. The third-order valence-corrected chi connectivity index (χ3v) is 5.20. The maximum Gasteiger partial charge on any atom is 0.295 e. The molecule has 1 fully saturated rings. The van der Waals surface area contributed by atoms with Gasteiger partial charge in [-0.1, -0.05) is 24.3 Å². The number of nitrogens with zero attached hydrogens (tertiary/aromatic N) is 2. The van der Waals surface area contributed by atoms with E-state index in [9.17, 15) is 14.7 Å². The highest BCUT2D eigenvalue weighted by atomic mass is 16.5. The summed E-state index contributed by atoms with van der Waals surface area (Å²) in [6, 6.07) is 13.4. The molecule has 1 saturated heterocycles. The highest BCUT2D eigenvalue weighted by Gasteiger charge is 2.46. The molecular formula is C24H28N2O5. The molecule has 1 aliphatic heterocycles. The molecule has 1 heterocycles. The van der Waals surface area contributed by atoms with Gasteiger partial charge in [-0.3, -0.25) is 9.59 Å². The van der Waals surface area contributed by atoms with Gasteiger partial charge >= 0.3 is 0 Å². The molecule has 7 heteroatoms. The molecule has 0 aliphatic carbocycles.